The summed E-state index contributed by atoms with van der Waals surface area (Å²) in [6.45, 7) is 2.70. The molecule has 0 radical (unpaired) electrons. The predicted octanol–water partition coefficient (Wildman–Crippen LogP) is 2.83. The summed E-state index contributed by atoms with van der Waals surface area (Å²) < 4.78 is 15.9. The molecule has 0 bridgehead atoms. The third-order valence-electron chi connectivity index (χ3n) is 4.03. The largest absolute Gasteiger partial charge is 0.494 e. The van der Waals surface area contributed by atoms with E-state index in [1.165, 1.54) is 0 Å². The average Bonchev–Trinajstić information content (AvgIpc) is 3.27. The number of benzene rings is 2. The second-order valence-electron chi connectivity index (χ2n) is 6.21. The molecule has 0 aliphatic heterocycles. The van der Waals surface area contributed by atoms with Gasteiger partial charge in [-0.25, -0.2) is 4.79 Å². The van der Waals surface area contributed by atoms with Gasteiger partial charge in [-0.15, -0.1) is 0 Å². The first kappa shape index (κ1) is 20.9. The Labute approximate surface area is 174 Å². The van der Waals surface area contributed by atoms with Crippen LogP contribution in [0, 0.1) is 0 Å². The van der Waals surface area contributed by atoms with Crippen LogP contribution in [0.25, 0.3) is 11.3 Å². The zero-order valence-electron chi connectivity index (χ0n) is 16.6. The van der Waals surface area contributed by atoms with Crippen LogP contribution in [0.5, 0.6) is 11.5 Å². The van der Waals surface area contributed by atoms with Crippen LogP contribution in [0.2, 0.25) is 0 Å². The van der Waals surface area contributed by atoms with Gasteiger partial charge in [-0.3, -0.25) is 9.89 Å². The summed E-state index contributed by atoms with van der Waals surface area (Å²) in [5, 5.41) is 9.34. The standard InChI is InChI=1S/C22H23N3O5/c1-2-28-17-8-10-18(11-9-17)29-13-12-23-21(26)15-30-22(27)20-14-19(24-25-20)16-6-4-3-5-7-16/h3-11,14H,2,12-13,15H2,1H3,(H,23,26)(H,24,25). The summed E-state index contributed by atoms with van der Waals surface area (Å²) in [4.78, 5) is 23.9. The third kappa shape index (κ3) is 6.10. The maximum atomic E-state index is 12.1. The Kier molecular flexibility index (Phi) is 7.43. The lowest BCUT2D eigenvalue weighted by molar-refractivity contribution is -0.124. The molecule has 3 aromatic rings. The molecule has 1 aromatic heterocycles. The number of H-pyrrole nitrogens is 1. The Morgan fingerprint density at radius 3 is 2.40 bits per heavy atom. The fourth-order valence-electron chi connectivity index (χ4n) is 2.60. The minimum Gasteiger partial charge on any atom is -0.494 e. The molecule has 0 aliphatic rings. The minimum atomic E-state index is -0.648. The molecule has 156 valence electrons. The number of carbonyl (C=O) groups is 2. The number of hydrogen-bond donors (Lipinski definition) is 2. The molecular weight excluding hydrogens is 386 g/mol. The molecule has 0 atom stereocenters. The van der Waals surface area contributed by atoms with E-state index in [4.69, 9.17) is 14.2 Å². The molecule has 0 fully saturated rings. The average molecular weight is 409 g/mol. The van der Waals surface area contributed by atoms with Gasteiger partial charge >= 0.3 is 5.97 Å². The molecule has 0 aliphatic carbocycles. The molecule has 8 heteroatoms. The molecule has 0 unspecified atom stereocenters. The zero-order chi connectivity index (χ0) is 21.2. The van der Waals surface area contributed by atoms with E-state index >= 15 is 0 Å². The van der Waals surface area contributed by atoms with Crippen molar-refractivity contribution in [2.24, 2.45) is 0 Å². The quantitative estimate of drug-likeness (QED) is 0.394. The van der Waals surface area contributed by atoms with Crippen LogP contribution in [0.15, 0.2) is 60.7 Å². The predicted molar refractivity (Wildman–Crippen MR) is 110 cm³/mol. The Morgan fingerprint density at radius 1 is 1.00 bits per heavy atom. The fourth-order valence-corrected chi connectivity index (χ4v) is 2.60. The minimum absolute atomic E-state index is 0.181. The molecule has 0 spiro atoms. The normalized spacial score (nSPS) is 10.3. The fraction of sp³-hybridized carbons (Fsp3) is 0.227. The second kappa shape index (κ2) is 10.7. The Balaban J connectivity index is 1.35. The van der Waals surface area contributed by atoms with Crippen molar-refractivity contribution in [1.82, 2.24) is 15.5 Å². The van der Waals surface area contributed by atoms with Gasteiger partial charge < -0.3 is 19.5 Å². The zero-order valence-corrected chi connectivity index (χ0v) is 16.6. The van der Waals surface area contributed by atoms with Crippen molar-refractivity contribution in [2.75, 3.05) is 26.4 Å². The van der Waals surface area contributed by atoms with Crippen LogP contribution in [0.4, 0.5) is 0 Å². The SMILES string of the molecule is CCOc1ccc(OCCNC(=O)COC(=O)c2cc(-c3ccccc3)n[nH]2)cc1. The van der Waals surface area contributed by atoms with Gasteiger partial charge in [-0.2, -0.15) is 5.10 Å². The molecule has 0 saturated carbocycles. The summed E-state index contributed by atoms with van der Waals surface area (Å²) in [6.07, 6.45) is 0. The highest BCUT2D eigenvalue weighted by molar-refractivity contribution is 5.90. The number of amides is 1. The summed E-state index contributed by atoms with van der Waals surface area (Å²) in [7, 11) is 0. The number of aromatic nitrogens is 2. The van der Waals surface area contributed by atoms with E-state index in [0.717, 1.165) is 11.3 Å². The summed E-state index contributed by atoms with van der Waals surface area (Å²) >= 11 is 0. The van der Waals surface area contributed by atoms with Crippen LogP contribution in [-0.2, 0) is 9.53 Å². The van der Waals surface area contributed by atoms with Crippen molar-refractivity contribution in [3.05, 3.63) is 66.4 Å². The second-order valence-corrected chi connectivity index (χ2v) is 6.21. The van der Waals surface area contributed by atoms with Gasteiger partial charge in [-0.1, -0.05) is 30.3 Å². The molecule has 2 aromatic carbocycles. The van der Waals surface area contributed by atoms with Gasteiger partial charge in [0.25, 0.3) is 5.91 Å². The van der Waals surface area contributed by atoms with Crippen molar-refractivity contribution in [2.45, 2.75) is 6.92 Å². The number of esters is 1. The smallest absolute Gasteiger partial charge is 0.356 e. The maximum Gasteiger partial charge on any atom is 0.356 e. The third-order valence-corrected chi connectivity index (χ3v) is 4.03. The number of hydrogen-bond acceptors (Lipinski definition) is 6. The molecule has 0 saturated heterocycles. The molecule has 30 heavy (non-hydrogen) atoms. The van der Waals surface area contributed by atoms with Crippen LogP contribution >= 0.6 is 0 Å². The number of carbonyl (C=O) groups excluding carboxylic acids is 2. The lowest BCUT2D eigenvalue weighted by atomic mass is 10.1. The maximum absolute atomic E-state index is 12.1. The van der Waals surface area contributed by atoms with Gasteiger partial charge in [0.2, 0.25) is 0 Å². The number of nitrogens with one attached hydrogen (secondary N) is 2. The van der Waals surface area contributed by atoms with Gasteiger partial charge in [-0.05, 0) is 37.3 Å². The number of aromatic amines is 1. The molecule has 8 nitrogen and oxygen atoms in total. The Hall–Kier alpha value is -3.81. The molecule has 1 heterocycles. The number of rotatable bonds is 10. The van der Waals surface area contributed by atoms with Crippen molar-refractivity contribution < 1.29 is 23.8 Å². The van der Waals surface area contributed by atoms with Crippen molar-refractivity contribution >= 4 is 11.9 Å². The monoisotopic (exact) mass is 409 g/mol. The molecule has 2 N–H and O–H groups in total. The molecule has 1 amide bonds. The number of nitrogens with zero attached hydrogens (tertiary/aromatic N) is 1. The van der Waals surface area contributed by atoms with E-state index < -0.39 is 11.9 Å². The highest BCUT2D eigenvalue weighted by atomic mass is 16.5. The highest BCUT2D eigenvalue weighted by Gasteiger charge is 2.14. The van der Waals surface area contributed by atoms with Gasteiger partial charge in [0.1, 0.15) is 23.8 Å². The van der Waals surface area contributed by atoms with E-state index in [9.17, 15) is 9.59 Å². The van der Waals surface area contributed by atoms with Crippen molar-refractivity contribution in [1.29, 1.82) is 0 Å². The summed E-state index contributed by atoms with van der Waals surface area (Å²) in [5.41, 5.74) is 1.68. The molecule has 3 rings (SSSR count). The molecular formula is C22H23N3O5. The van der Waals surface area contributed by atoms with Gasteiger partial charge in [0.15, 0.2) is 6.61 Å². The van der Waals surface area contributed by atoms with Gasteiger partial charge in [0, 0.05) is 5.56 Å². The van der Waals surface area contributed by atoms with E-state index in [-0.39, 0.29) is 25.5 Å². The number of ether oxygens (including phenoxy) is 3. The van der Waals surface area contributed by atoms with Crippen LogP contribution in [-0.4, -0.2) is 48.4 Å². The van der Waals surface area contributed by atoms with Crippen molar-refractivity contribution in [3.63, 3.8) is 0 Å². The first-order valence-electron chi connectivity index (χ1n) is 9.56. The topological polar surface area (TPSA) is 103 Å². The first-order chi connectivity index (χ1) is 14.7. The lowest BCUT2D eigenvalue weighted by Gasteiger charge is -2.09. The lowest BCUT2D eigenvalue weighted by Crippen LogP contribution is -2.32. The Morgan fingerprint density at radius 2 is 1.70 bits per heavy atom. The highest BCUT2D eigenvalue weighted by Crippen LogP contribution is 2.18. The van der Waals surface area contributed by atoms with Crippen molar-refractivity contribution in [3.8, 4) is 22.8 Å². The van der Waals surface area contributed by atoms with E-state index in [0.29, 0.717) is 18.1 Å². The summed E-state index contributed by atoms with van der Waals surface area (Å²) in [6, 6.07) is 18.2. The van der Waals surface area contributed by atoms with Crippen LogP contribution in [0.1, 0.15) is 17.4 Å². The Bertz CT molecular complexity index is 954. The van der Waals surface area contributed by atoms with E-state index in [1.54, 1.807) is 18.2 Å². The first-order valence-corrected chi connectivity index (χ1v) is 9.56. The summed E-state index contributed by atoms with van der Waals surface area (Å²) in [5.74, 6) is 0.382. The van der Waals surface area contributed by atoms with Crippen LogP contribution in [0.3, 0.4) is 0 Å². The van der Waals surface area contributed by atoms with Crippen LogP contribution < -0.4 is 14.8 Å². The van der Waals surface area contributed by atoms with Gasteiger partial charge in [0.05, 0.1) is 18.8 Å². The van der Waals surface area contributed by atoms with E-state index in [1.807, 2.05) is 49.4 Å². The van der Waals surface area contributed by atoms with E-state index in [2.05, 4.69) is 15.5 Å².